The van der Waals surface area contributed by atoms with Crippen molar-refractivity contribution >= 4 is 11.9 Å². The number of hydrogen-bond acceptors (Lipinski definition) is 3. The molecule has 0 aliphatic rings. The van der Waals surface area contributed by atoms with Crippen LogP contribution in [0.3, 0.4) is 0 Å². The first-order valence-electron chi connectivity index (χ1n) is 9.04. The topological polar surface area (TPSA) is 70.7 Å². The van der Waals surface area contributed by atoms with Crippen LogP contribution in [0.25, 0.3) is 0 Å². The summed E-state index contributed by atoms with van der Waals surface area (Å²) in [5, 5.41) is 5.42. The van der Waals surface area contributed by atoms with Gasteiger partial charge in [-0.2, -0.15) is 0 Å². The van der Waals surface area contributed by atoms with Crippen LogP contribution in [0.4, 0.5) is 4.79 Å². The first-order chi connectivity index (χ1) is 13.0. The Morgan fingerprint density at radius 1 is 1.04 bits per heavy atom. The number of amides is 3. The monoisotopic (exact) mass is 369 g/mol. The van der Waals surface area contributed by atoms with E-state index in [2.05, 4.69) is 10.6 Å². The van der Waals surface area contributed by atoms with Gasteiger partial charge in [0, 0.05) is 20.1 Å². The number of likely N-dealkylation sites (N-methyl/N-ethyl adjacent to an activating group) is 1. The molecule has 0 radical (unpaired) electrons. The molecule has 0 aliphatic heterocycles. The van der Waals surface area contributed by atoms with Crippen molar-refractivity contribution in [3.05, 3.63) is 65.7 Å². The minimum absolute atomic E-state index is 0.115. The normalized spacial score (nSPS) is 11.4. The van der Waals surface area contributed by atoms with Crippen molar-refractivity contribution < 1.29 is 14.3 Å². The molecule has 2 N–H and O–H groups in total. The Morgan fingerprint density at radius 3 is 2.30 bits per heavy atom. The lowest BCUT2D eigenvalue weighted by molar-refractivity contribution is -0.131. The van der Waals surface area contributed by atoms with E-state index in [1.54, 1.807) is 18.9 Å². The average molecular weight is 369 g/mol. The number of nitrogens with one attached hydrogen (secondary N) is 2. The molecule has 27 heavy (non-hydrogen) atoms. The first kappa shape index (κ1) is 20.3. The second-order valence-electron chi connectivity index (χ2n) is 6.32. The summed E-state index contributed by atoms with van der Waals surface area (Å²) < 4.78 is 5.71. The molecule has 0 spiro atoms. The van der Waals surface area contributed by atoms with Gasteiger partial charge in [-0.1, -0.05) is 42.5 Å². The van der Waals surface area contributed by atoms with E-state index >= 15 is 0 Å². The zero-order valence-electron chi connectivity index (χ0n) is 16.1. The number of benzene rings is 2. The number of rotatable bonds is 8. The maximum Gasteiger partial charge on any atom is 0.315 e. The Balaban J connectivity index is 1.76. The van der Waals surface area contributed by atoms with E-state index in [9.17, 15) is 9.59 Å². The minimum Gasteiger partial charge on any atom is -0.489 e. The van der Waals surface area contributed by atoms with E-state index < -0.39 is 6.04 Å². The highest BCUT2D eigenvalue weighted by Crippen LogP contribution is 2.12. The van der Waals surface area contributed by atoms with Crippen molar-refractivity contribution in [2.45, 2.75) is 33.0 Å². The summed E-state index contributed by atoms with van der Waals surface area (Å²) in [5.74, 6) is 0.715. The third-order valence-electron chi connectivity index (χ3n) is 4.19. The Bertz CT molecular complexity index is 732. The molecule has 3 amide bonds. The fourth-order valence-electron chi connectivity index (χ4n) is 2.41. The van der Waals surface area contributed by atoms with Crippen LogP contribution in [0.5, 0.6) is 5.75 Å². The lowest BCUT2D eigenvalue weighted by atomic mass is 10.1. The van der Waals surface area contributed by atoms with Gasteiger partial charge in [0.15, 0.2) is 0 Å². The first-order valence-corrected chi connectivity index (χ1v) is 9.04. The third-order valence-corrected chi connectivity index (χ3v) is 4.19. The van der Waals surface area contributed by atoms with E-state index in [0.717, 1.165) is 16.9 Å². The number of para-hydroxylation sites is 1. The summed E-state index contributed by atoms with van der Waals surface area (Å²) >= 11 is 0. The lowest BCUT2D eigenvalue weighted by Gasteiger charge is -2.20. The van der Waals surface area contributed by atoms with Crippen LogP contribution in [-0.2, 0) is 17.9 Å². The molecular formula is C21H27N3O3. The Labute approximate surface area is 160 Å². The fraction of sp³-hybridized carbons (Fsp3) is 0.333. The summed E-state index contributed by atoms with van der Waals surface area (Å²) in [7, 11) is 1.71. The summed E-state index contributed by atoms with van der Waals surface area (Å²) in [5.41, 5.74) is 2.02. The lowest BCUT2D eigenvalue weighted by Crippen LogP contribution is -2.48. The Morgan fingerprint density at radius 2 is 1.67 bits per heavy atom. The largest absolute Gasteiger partial charge is 0.489 e. The van der Waals surface area contributed by atoms with Crippen molar-refractivity contribution in [2.24, 2.45) is 0 Å². The zero-order valence-corrected chi connectivity index (χ0v) is 16.1. The van der Waals surface area contributed by atoms with Gasteiger partial charge in [0.1, 0.15) is 18.4 Å². The number of nitrogens with zero attached hydrogens (tertiary/aromatic N) is 1. The molecule has 0 aliphatic carbocycles. The molecule has 0 unspecified atom stereocenters. The molecule has 0 fully saturated rings. The number of ether oxygens (including phenoxy) is 1. The summed E-state index contributed by atoms with van der Waals surface area (Å²) in [4.78, 5) is 25.5. The molecule has 144 valence electrons. The standard InChI is InChI=1S/C21H27N3O3/c1-4-24(3)20(25)16(2)23-21(26)22-14-17-10-12-18(13-11-17)15-27-19-8-6-5-7-9-19/h5-13,16H,4,14-15H2,1-3H3,(H2,22,23,26)/t16-/m1/s1. The Hall–Kier alpha value is -3.02. The molecule has 0 saturated heterocycles. The average Bonchev–Trinajstić information content (AvgIpc) is 2.71. The van der Waals surface area contributed by atoms with Crippen LogP contribution in [0, 0.1) is 0 Å². The van der Waals surface area contributed by atoms with Gasteiger partial charge in [-0.25, -0.2) is 4.79 Å². The number of carbonyl (C=O) groups excluding carboxylic acids is 2. The molecule has 2 rings (SSSR count). The molecule has 2 aromatic rings. The van der Waals surface area contributed by atoms with Gasteiger partial charge < -0.3 is 20.3 Å². The SMILES string of the molecule is CCN(C)C(=O)[C@@H](C)NC(=O)NCc1ccc(COc2ccccc2)cc1. The summed E-state index contributed by atoms with van der Waals surface area (Å²) in [6.07, 6.45) is 0. The van der Waals surface area contributed by atoms with Crippen LogP contribution in [0.2, 0.25) is 0 Å². The van der Waals surface area contributed by atoms with E-state index in [-0.39, 0.29) is 11.9 Å². The van der Waals surface area contributed by atoms with Gasteiger partial charge >= 0.3 is 6.03 Å². The molecule has 6 nitrogen and oxygen atoms in total. The molecule has 6 heteroatoms. The predicted molar refractivity (Wildman–Crippen MR) is 105 cm³/mol. The number of hydrogen-bond donors (Lipinski definition) is 2. The minimum atomic E-state index is -0.563. The van der Waals surface area contributed by atoms with Gasteiger partial charge in [0.05, 0.1) is 0 Å². The van der Waals surface area contributed by atoms with Gasteiger partial charge in [-0.3, -0.25) is 4.79 Å². The second kappa shape index (κ2) is 10.2. The van der Waals surface area contributed by atoms with Crippen LogP contribution in [-0.4, -0.2) is 36.5 Å². The van der Waals surface area contributed by atoms with Gasteiger partial charge in [-0.05, 0) is 37.1 Å². The number of urea groups is 1. The van der Waals surface area contributed by atoms with Crippen LogP contribution < -0.4 is 15.4 Å². The highest BCUT2D eigenvalue weighted by Gasteiger charge is 2.18. The number of carbonyl (C=O) groups is 2. The smallest absolute Gasteiger partial charge is 0.315 e. The van der Waals surface area contributed by atoms with Gasteiger partial charge in [0.25, 0.3) is 0 Å². The van der Waals surface area contributed by atoms with Crippen molar-refractivity contribution in [1.82, 2.24) is 15.5 Å². The highest BCUT2D eigenvalue weighted by molar-refractivity contribution is 5.86. The maximum atomic E-state index is 12.0. The summed E-state index contributed by atoms with van der Waals surface area (Å²) in [6, 6.07) is 16.6. The fourth-order valence-corrected chi connectivity index (χ4v) is 2.41. The molecular weight excluding hydrogens is 342 g/mol. The molecule has 2 aromatic carbocycles. The molecule has 1 atom stereocenters. The second-order valence-corrected chi connectivity index (χ2v) is 6.32. The molecule has 0 saturated carbocycles. The highest BCUT2D eigenvalue weighted by atomic mass is 16.5. The molecule has 0 heterocycles. The van der Waals surface area contributed by atoms with Crippen LogP contribution in [0.1, 0.15) is 25.0 Å². The Kier molecular flexibility index (Phi) is 7.67. The van der Waals surface area contributed by atoms with Crippen molar-refractivity contribution in [3.63, 3.8) is 0 Å². The predicted octanol–water partition coefficient (Wildman–Crippen LogP) is 2.93. The van der Waals surface area contributed by atoms with Crippen molar-refractivity contribution in [1.29, 1.82) is 0 Å². The third kappa shape index (κ3) is 6.66. The molecule has 0 bridgehead atoms. The van der Waals surface area contributed by atoms with E-state index in [4.69, 9.17) is 4.74 Å². The maximum absolute atomic E-state index is 12.0. The van der Waals surface area contributed by atoms with Gasteiger partial charge in [0.2, 0.25) is 5.91 Å². The van der Waals surface area contributed by atoms with E-state index in [1.165, 1.54) is 0 Å². The summed E-state index contributed by atoms with van der Waals surface area (Å²) in [6.45, 7) is 5.04. The van der Waals surface area contributed by atoms with Crippen LogP contribution in [0.15, 0.2) is 54.6 Å². The zero-order chi connectivity index (χ0) is 19.6. The van der Waals surface area contributed by atoms with E-state index in [0.29, 0.717) is 19.7 Å². The van der Waals surface area contributed by atoms with Crippen molar-refractivity contribution in [3.8, 4) is 5.75 Å². The van der Waals surface area contributed by atoms with Gasteiger partial charge in [-0.15, -0.1) is 0 Å². The van der Waals surface area contributed by atoms with Crippen molar-refractivity contribution in [2.75, 3.05) is 13.6 Å². The van der Waals surface area contributed by atoms with Crippen LogP contribution >= 0.6 is 0 Å². The quantitative estimate of drug-likeness (QED) is 0.752. The van der Waals surface area contributed by atoms with E-state index in [1.807, 2.05) is 61.5 Å². The molecule has 0 aromatic heterocycles.